The number of anilines is 2. The average Bonchev–Trinajstić information content (AvgIpc) is 3.76. The monoisotopic (exact) mass is 772 g/mol. The van der Waals surface area contributed by atoms with Gasteiger partial charge in [0.25, 0.3) is 23.9 Å². The number of aliphatic imine (C=N–C) groups is 2. The Morgan fingerprint density at radius 3 is 1.75 bits per heavy atom. The number of hydrogen-bond acceptors (Lipinski definition) is 10. The maximum atomic E-state index is 14.4. The number of halogens is 5. The lowest BCUT2D eigenvalue weighted by Gasteiger charge is -2.17. The van der Waals surface area contributed by atoms with Gasteiger partial charge in [0.2, 0.25) is 0 Å². The number of amides is 2. The summed E-state index contributed by atoms with van der Waals surface area (Å²) in [5, 5.41) is 5.32. The van der Waals surface area contributed by atoms with Gasteiger partial charge in [0.1, 0.15) is 24.1 Å². The molecular formula is C35H33Cl3F2N8O4. The van der Waals surface area contributed by atoms with E-state index in [0.717, 1.165) is 48.9 Å². The summed E-state index contributed by atoms with van der Waals surface area (Å²) >= 11 is 17.1. The first-order chi connectivity index (χ1) is 24.8. The molecular weight excluding hydrogens is 741 g/mol. The van der Waals surface area contributed by atoms with Crippen LogP contribution in [0.5, 0.6) is 0 Å². The molecule has 0 aliphatic carbocycles. The van der Waals surface area contributed by atoms with Gasteiger partial charge in [-0.3, -0.25) is 9.59 Å². The molecule has 0 saturated heterocycles. The molecule has 17 heteroatoms. The fourth-order valence-electron chi connectivity index (χ4n) is 5.00. The van der Waals surface area contributed by atoms with Gasteiger partial charge in [-0.25, -0.2) is 20.0 Å². The minimum atomic E-state index is -3.76. The van der Waals surface area contributed by atoms with Crippen LogP contribution in [0.4, 0.5) is 20.2 Å². The van der Waals surface area contributed by atoms with Crippen molar-refractivity contribution < 1.29 is 27.8 Å². The SMILES string of the molecule is NC1=N[C@@H](CCc2ccc(NC(=O)C(F)(F)c3ccc(Cl)c(Cl)c3)cc2)CO1.NC1=N[C@@H](CCc2ccc(NC(=O)c3cnc(Cl)cn3)cc2)CO1. The molecule has 0 unspecified atom stereocenters. The summed E-state index contributed by atoms with van der Waals surface area (Å²) < 4.78 is 39.0. The first-order valence-corrected chi connectivity index (χ1v) is 17.0. The van der Waals surface area contributed by atoms with Crippen molar-refractivity contribution in [3.8, 4) is 0 Å². The fourth-order valence-corrected chi connectivity index (χ4v) is 5.40. The molecule has 6 rings (SSSR count). The molecule has 2 atom stereocenters. The van der Waals surface area contributed by atoms with Gasteiger partial charge in [-0.15, -0.1) is 0 Å². The molecule has 6 N–H and O–H groups in total. The molecule has 2 aliphatic rings. The van der Waals surface area contributed by atoms with E-state index in [1.54, 1.807) is 24.3 Å². The van der Waals surface area contributed by atoms with Gasteiger partial charge in [0.05, 0.1) is 34.5 Å². The van der Waals surface area contributed by atoms with Gasteiger partial charge in [0.15, 0.2) is 0 Å². The van der Waals surface area contributed by atoms with Gasteiger partial charge in [-0.1, -0.05) is 65.1 Å². The standard InChI is InChI=1S/C19H17Cl2F2N3O2.C16H16ClN5O2/c20-15-8-4-12(9-16(15)21)19(22,23)17(27)25-13-5-1-11(2-6-13)3-7-14-10-28-18(24)26-14;17-14-8-19-13(7-20-14)15(23)21-11-4-1-10(2-5-11)3-6-12-9-24-16(18)22-12/h1-2,4-6,8-9,14H,3,7,10H2,(H2,24,26)(H,25,27);1-2,4-5,7-8,12H,3,6,9H2,(H2,18,22)(H,21,23)/t14-;12-/m00/s1. The Morgan fingerprint density at radius 1 is 0.750 bits per heavy atom. The molecule has 4 aromatic rings. The topological polar surface area (TPSA) is 179 Å². The minimum Gasteiger partial charge on any atom is -0.463 e. The number of aromatic nitrogens is 2. The number of benzene rings is 3. The lowest BCUT2D eigenvalue weighted by atomic mass is 10.1. The van der Waals surface area contributed by atoms with Gasteiger partial charge in [-0.05, 0) is 73.2 Å². The van der Waals surface area contributed by atoms with Crippen LogP contribution in [-0.4, -0.2) is 59.1 Å². The number of carbonyl (C=O) groups is 2. The third-order valence-electron chi connectivity index (χ3n) is 7.84. The number of nitrogens with zero attached hydrogens (tertiary/aromatic N) is 4. The van der Waals surface area contributed by atoms with Crippen molar-refractivity contribution in [1.82, 2.24) is 9.97 Å². The molecule has 0 spiro atoms. The first-order valence-electron chi connectivity index (χ1n) is 15.9. The molecule has 0 bridgehead atoms. The van der Waals surface area contributed by atoms with E-state index >= 15 is 0 Å². The fraction of sp³-hybridized carbons (Fsp3) is 0.257. The van der Waals surface area contributed by atoms with E-state index in [9.17, 15) is 18.4 Å². The van der Waals surface area contributed by atoms with Crippen LogP contribution in [-0.2, 0) is 33.0 Å². The second-order valence-corrected chi connectivity index (χ2v) is 12.9. The Labute approximate surface area is 312 Å². The zero-order chi connectivity index (χ0) is 37.3. The molecule has 0 radical (unpaired) electrons. The molecule has 272 valence electrons. The van der Waals surface area contributed by atoms with Crippen LogP contribution in [0.15, 0.2) is 89.1 Å². The third kappa shape index (κ3) is 10.7. The van der Waals surface area contributed by atoms with Crippen molar-refractivity contribution in [2.45, 2.75) is 43.7 Å². The number of alkyl halides is 2. The quantitative estimate of drug-likeness (QED) is 0.135. The number of ether oxygens (including phenoxy) is 2. The van der Waals surface area contributed by atoms with Crippen LogP contribution < -0.4 is 22.1 Å². The van der Waals surface area contributed by atoms with Gasteiger partial charge >= 0.3 is 5.92 Å². The number of carbonyl (C=O) groups excluding carboxylic acids is 2. The van der Waals surface area contributed by atoms with Crippen LogP contribution in [0.25, 0.3) is 0 Å². The zero-order valence-electron chi connectivity index (χ0n) is 27.4. The van der Waals surface area contributed by atoms with Crippen LogP contribution in [0.2, 0.25) is 15.2 Å². The predicted molar refractivity (Wildman–Crippen MR) is 196 cm³/mol. The van der Waals surface area contributed by atoms with E-state index in [1.165, 1.54) is 18.5 Å². The van der Waals surface area contributed by atoms with Crippen LogP contribution in [0, 0.1) is 0 Å². The molecule has 52 heavy (non-hydrogen) atoms. The van der Waals surface area contributed by atoms with Crippen molar-refractivity contribution in [3.05, 3.63) is 117 Å². The Balaban J connectivity index is 0.000000203. The van der Waals surface area contributed by atoms with Crippen LogP contribution in [0.3, 0.4) is 0 Å². The summed E-state index contributed by atoms with van der Waals surface area (Å²) in [6, 6.07) is 18.2. The summed E-state index contributed by atoms with van der Waals surface area (Å²) in [5.41, 5.74) is 13.7. The second-order valence-electron chi connectivity index (χ2n) is 11.7. The molecule has 12 nitrogen and oxygen atoms in total. The molecule has 2 aliphatic heterocycles. The summed E-state index contributed by atoms with van der Waals surface area (Å²) in [5.74, 6) is -5.54. The average molecular weight is 774 g/mol. The van der Waals surface area contributed by atoms with Gasteiger partial charge in [-0.2, -0.15) is 8.78 Å². The Hall–Kier alpha value is -5.05. The highest BCUT2D eigenvalue weighted by Gasteiger charge is 2.41. The summed E-state index contributed by atoms with van der Waals surface area (Å²) in [6.45, 7) is 1.01. The smallest absolute Gasteiger partial charge is 0.350 e. The number of amidine groups is 2. The van der Waals surface area contributed by atoms with Crippen molar-refractivity contribution in [3.63, 3.8) is 0 Å². The van der Waals surface area contributed by atoms with E-state index in [0.29, 0.717) is 18.9 Å². The van der Waals surface area contributed by atoms with Crippen LogP contribution in [0.1, 0.15) is 40.0 Å². The van der Waals surface area contributed by atoms with Crippen molar-refractivity contribution in [2.75, 3.05) is 23.8 Å². The highest BCUT2D eigenvalue weighted by atomic mass is 35.5. The molecule has 1 aromatic heterocycles. The molecule has 3 aromatic carbocycles. The number of hydrogen-bond donors (Lipinski definition) is 4. The Kier molecular flexibility index (Phi) is 12.8. The summed E-state index contributed by atoms with van der Waals surface area (Å²) in [6.07, 6.45) is 5.87. The largest absolute Gasteiger partial charge is 0.463 e. The van der Waals surface area contributed by atoms with Gasteiger partial charge < -0.3 is 31.6 Å². The van der Waals surface area contributed by atoms with Crippen molar-refractivity contribution in [1.29, 1.82) is 0 Å². The normalized spacial score (nSPS) is 16.4. The first kappa shape index (κ1) is 38.2. The number of nitrogens with two attached hydrogens (primary N) is 2. The summed E-state index contributed by atoms with van der Waals surface area (Å²) in [4.78, 5) is 40.2. The maximum absolute atomic E-state index is 14.4. The molecule has 3 heterocycles. The Morgan fingerprint density at radius 2 is 1.29 bits per heavy atom. The van der Waals surface area contributed by atoms with E-state index in [2.05, 4.69) is 30.6 Å². The van der Waals surface area contributed by atoms with E-state index < -0.39 is 17.4 Å². The highest BCUT2D eigenvalue weighted by molar-refractivity contribution is 6.42. The second kappa shape index (κ2) is 17.4. The van der Waals surface area contributed by atoms with Crippen molar-refractivity contribution >= 4 is 70.0 Å². The van der Waals surface area contributed by atoms with E-state index in [-0.39, 0.29) is 56.6 Å². The number of rotatable bonds is 11. The zero-order valence-corrected chi connectivity index (χ0v) is 29.6. The predicted octanol–water partition coefficient (Wildman–Crippen LogP) is 6.40. The van der Waals surface area contributed by atoms with E-state index in [4.69, 9.17) is 55.7 Å². The molecule has 2 amide bonds. The molecule has 0 saturated carbocycles. The summed E-state index contributed by atoms with van der Waals surface area (Å²) in [7, 11) is 0. The Bertz CT molecular complexity index is 1930. The highest BCUT2D eigenvalue weighted by Crippen LogP contribution is 2.34. The lowest BCUT2D eigenvalue weighted by molar-refractivity contribution is -0.140. The van der Waals surface area contributed by atoms with Gasteiger partial charge in [0, 0.05) is 16.9 Å². The van der Waals surface area contributed by atoms with E-state index in [1.807, 2.05) is 24.3 Å². The maximum Gasteiger partial charge on any atom is 0.350 e. The lowest BCUT2D eigenvalue weighted by Crippen LogP contribution is -2.32. The van der Waals surface area contributed by atoms with Crippen molar-refractivity contribution in [2.24, 2.45) is 21.5 Å². The third-order valence-corrected chi connectivity index (χ3v) is 8.78. The minimum absolute atomic E-state index is 0.0178. The number of aryl methyl sites for hydroxylation is 2. The van der Waals surface area contributed by atoms with Crippen LogP contribution >= 0.6 is 34.8 Å². The molecule has 0 fully saturated rings. The number of nitrogens with one attached hydrogen (secondary N) is 2.